The first kappa shape index (κ1) is 19.4. The van der Waals surface area contributed by atoms with E-state index in [2.05, 4.69) is 29.0 Å². The smallest absolute Gasteiger partial charge is 0.261 e. The fraction of sp³-hybridized carbons (Fsp3) is 0.526. The molecule has 1 aromatic carbocycles. The van der Waals surface area contributed by atoms with Crippen LogP contribution in [0.25, 0.3) is 10.9 Å². The second kappa shape index (κ2) is 8.58. The molecule has 0 aliphatic carbocycles. The lowest BCUT2D eigenvalue weighted by Crippen LogP contribution is -2.48. The molecule has 1 aliphatic rings. The maximum absolute atomic E-state index is 13.2. The first-order valence-electron chi connectivity index (χ1n) is 9.17. The normalized spacial score (nSPS) is 18.1. The molecule has 0 saturated carbocycles. The fourth-order valence-electron chi connectivity index (χ4n) is 3.27. The van der Waals surface area contributed by atoms with Crippen molar-refractivity contribution in [3.05, 3.63) is 40.7 Å². The average molecular weight is 376 g/mol. The number of hydrogen-bond donors (Lipinski definition) is 1. The Labute approximate surface area is 157 Å². The number of nitrogens with zero attached hydrogens (tertiary/aromatic N) is 3. The molecule has 1 unspecified atom stereocenters. The van der Waals surface area contributed by atoms with Crippen LogP contribution in [0.15, 0.2) is 29.3 Å². The van der Waals surface area contributed by atoms with Crippen LogP contribution in [0.5, 0.6) is 0 Å². The summed E-state index contributed by atoms with van der Waals surface area (Å²) >= 11 is 0. The highest BCUT2D eigenvalue weighted by Gasteiger charge is 2.21. The fourth-order valence-corrected chi connectivity index (χ4v) is 3.27. The molecule has 0 spiro atoms. The highest BCUT2D eigenvalue weighted by molar-refractivity contribution is 5.79. The molecule has 146 valence electrons. The Morgan fingerprint density at radius 2 is 2.26 bits per heavy atom. The molecule has 1 amide bonds. The van der Waals surface area contributed by atoms with Crippen LogP contribution in [-0.4, -0.2) is 59.2 Å². The molecule has 1 aromatic heterocycles. The van der Waals surface area contributed by atoms with E-state index in [9.17, 15) is 14.0 Å². The number of carbonyl (C=O) groups excluding carboxylic acids is 1. The summed E-state index contributed by atoms with van der Waals surface area (Å²) in [5.74, 6) is -0.159. The van der Waals surface area contributed by atoms with Crippen molar-refractivity contribution < 1.29 is 13.9 Å². The van der Waals surface area contributed by atoms with E-state index in [0.29, 0.717) is 19.1 Å². The van der Waals surface area contributed by atoms with Gasteiger partial charge in [-0.2, -0.15) is 0 Å². The minimum atomic E-state index is -0.455. The first-order valence-corrected chi connectivity index (χ1v) is 9.17. The number of morpholine rings is 1. The van der Waals surface area contributed by atoms with Gasteiger partial charge in [0.15, 0.2) is 0 Å². The third-order valence-electron chi connectivity index (χ3n) is 4.47. The SMILES string of the molecule is CC(C)CN1CCOC(CNC(=O)Cn2cnc3cc(F)ccc3c2=O)C1. The molecular weight excluding hydrogens is 351 g/mol. The van der Waals surface area contributed by atoms with Crippen LogP contribution in [0.1, 0.15) is 13.8 Å². The van der Waals surface area contributed by atoms with Crippen molar-refractivity contribution in [3.63, 3.8) is 0 Å². The summed E-state index contributed by atoms with van der Waals surface area (Å²) in [6, 6.07) is 3.79. The van der Waals surface area contributed by atoms with Gasteiger partial charge < -0.3 is 10.1 Å². The minimum absolute atomic E-state index is 0.0594. The number of hydrogen-bond acceptors (Lipinski definition) is 5. The van der Waals surface area contributed by atoms with Crippen LogP contribution in [0, 0.1) is 11.7 Å². The Hall–Kier alpha value is -2.32. The summed E-state index contributed by atoms with van der Waals surface area (Å²) in [5.41, 5.74) is -0.0929. The standard InChI is InChI=1S/C19H25FN4O3/c1-13(2)9-23-5-6-27-15(10-23)8-21-18(25)11-24-12-22-17-7-14(20)3-4-16(17)19(24)26/h3-4,7,12-13,15H,5-6,8-11H2,1-2H3,(H,21,25). The summed E-state index contributed by atoms with van der Waals surface area (Å²) < 4.78 is 20.2. The van der Waals surface area contributed by atoms with Crippen molar-refractivity contribution in [1.82, 2.24) is 19.8 Å². The molecule has 1 atom stereocenters. The van der Waals surface area contributed by atoms with Crippen LogP contribution in [0.4, 0.5) is 4.39 Å². The van der Waals surface area contributed by atoms with Crippen molar-refractivity contribution >= 4 is 16.8 Å². The number of rotatable bonds is 6. The van der Waals surface area contributed by atoms with Gasteiger partial charge in [0.25, 0.3) is 5.56 Å². The van der Waals surface area contributed by atoms with Gasteiger partial charge in [-0.25, -0.2) is 9.37 Å². The van der Waals surface area contributed by atoms with Gasteiger partial charge in [0.1, 0.15) is 12.4 Å². The monoisotopic (exact) mass is 376 g/mol. The Morgan fingerprint density at radius 3 is 3.04 bits per heavy atom. The van der Waals surface area contributed by atoms with Crippen molar-refractivity contribution in [2.45, 2.75) is 26.5 Å². The molecule has 0 radical (unpaired) electrons. The largest absolute Gasteiger partial charge is 0.374 e. The number of benzene rings is 1. The number of amides is 1. The molecule has 1 N–H and O–H groups in total. The summed E-state index contributed by atoms with van der Waals surface area (Å²) in [4.78, 5) is 31.0. The average Bonchev–Trinajstić information content (AvgIpc) is 2.62. The summed E-state index contributed by atoms with van der Waals surface area (Å²) in [6.45, 7) is 7.95. The van der Waals surface area contributed by atoms with Crippen LogP contribution in [0.2, 0.25) is 0 Å². The second-order valence-corrected chi connectivity index (χ2v) is 7.29. The van der Waals surface area contributed by atoms with Gasteiger partial charge in [0.05, 0.1) is 29.9 Å². The van der Waals surface area contributed by atoms with Crippen molar-refractivity contribution in [2.75, 3.05) is 32.8 Å². The number of nitrogens with one attached hydrogen (secondary N) is 1. The highest BCUT2D eigenvalue weighted by Crippen LogP contribution is 2.09. The quantitative estimate of drug-likeness (QED) is 0.814. The van der Waals surface area contributed by atoms with E-state index in [4.69, 9.17) is 4.74 Å². The van der Waals surface area contributed by atoms with Gasteiger partial charge >= 0.3 is 0 Å². The van der Waals surface area contributed by atoms with E-state index in [1.807, 2.05) is 0 Å². The lowest BCUT2D eigenvalue weighted by atomic mass is 10.2. The van der Waals surface area contributed by atoms with Gasteiger partial charge in [0.2, 0.25) is 5.91 Å². The molecule has 2 heterocycles. The molecule has 1 saturated heterocycles. The number of aromatic nitrogens is 2. The van der Waals surface area contributed by atoms with Crippen LogP contribution < -0.4 is 10.9 Å². The summed E-state index contributed by atoms with van der Waals surface area (Å²) in [5, 5.41) is 3.10. The summed E-state index contributed by atoms with van der Waals surface area (Å²) in [7, 11) is 0. The molecule has 2 aromatic rings. The first-order chi connectivity index (χ1) is 12.9. The topological polar surface area (TPSA) is 76.5 Å². The Morgan fingerprint density at radius 1 is 1.44 bits per heavy atom. The van der Waals surface area contributed by atoms with Gasteiger partial charge in [-0.1, -0.05) is 13.8 Å². The van der Waals surface area contributed by atoms with Gasteiger partial charge in [-0.15, -0.1) is 0 Å². The Balaban J connectivity index is 1.56. The number of fused-ring (bicyclic) bond motifs is 1. The van der Waals surface area contributed by atoms with E-state index in [0.717, 1.165) is 19.6 Å². The third kappa shape index (κ3) is 5.11. The predicted octanol–water partition coefficient (Wildman–Crippen LogP) is 1.01. The zero-order valence-electron chi connectivity index (χ0n) is 15.7. The third-order valence-corrected chi connectivity index (χ3v) is 4.47. The van der Waals surface area contributed by atoms with Crippen molar-refractivity contribution in [1.29, 1.82) is 0 Å². The molecular formula is C19H25FN4O3. The van der Waals surface area contributed by atoms with E-state index in [-0.39, 0.29) is 35.0 Å². The maximum Gasteiger partial charge on any atom is 0.261 e. The van der Waals surface area contributed by atoms with E-state index >= 15 is 0 Å². The predicted molar refractivity (Wildman–Crippen MR) is 100.0 cm³/mol. The van der Waals surface area contributed by atoms with E-state index in [1.165, 1.54) is 29.1 Å². The highest BCUT2D eigenvalue weighted by atomic mass is 19.1. The maximum atomic E-state index is 13.2. The van der Waals surface area contributed by atoms with E-state index in [1.54, 1.807) is 0 Å². The van der Waals surface area contributed by atoms with Gasteiger partial charge in [-0.3, -0.25) is 19.1 Å². The lowest BCUT2D eigenvalue weighted by molar-refractivity contribution is -0.123. The van der Waals surface area contributed by atoms with Gasteiger partial charge in [-0.05, 0) is 18.1 Å². The van der Waals surface area contributed by atoms with Crippen molar-refractivity contribution in [3.8, 4) is 0 Å². The lowest BCUT2D eigenvalue weighted by Gasteiger charge is -2.33. The Bertz CT molecular complexity index is 868. The number of halogens is 1. The Kier molecular flexibility index (Phi) is 6.18. The molecule has 7 nitrogen and oxygen atoms in total. The van der Waals surface area contributed by atoms with Crippen LogP contribution in [0.3, 0.4) is 0 Å². The van der Waals surface area contributed by atoms with Crippen LogP contribution in [-0.2, 0) is 16.1 Å². The molecule has 0 bridgehead atoms. The summed E-state index contributed by atoms with van der Waals surface area (Å²) in [6.07, 6.45) is 1.21. The number of carbonyl (C=O) groups is 1. The zero-order chi connectivity index (χ0) is 19.4. The van der Waals surface area contributed by atoms with Gasteiger partial charge in [0, 0.05) is 32.2 Å². The minimum Gasteiger partial charge on any atom is -0.374 e. The zero-order valence-corrected chi connectivity index (χ0v) is 15.7. The molecule has 27 heavy (non-hydrogen) atoms. The van der Waals surface area contributed by atoms with Crippen LogP contribution >= 0.6 is 0 Å². The molecule has 1 fully saturated rings. The number of ether oxygens (including phenoxy) is 1. The van der Waals surface area contributed by atoms with Crippen molar-refractivity contribution in [2.24, 2.45) is 5.92 Å². The molecule has 3 rings (SSSR count). The second-order valence-electron chi connectivity index (χ2n) is 7.29. The van der Waals surface area contributed by atoms with E-state index < -0.39 is 5.82 Å². The molecule has 1 aliphatic heterocycles. The molecule has 8 heteroatoms.